The normalized spacial score (nSPS) is 43.7. The van der Waals surface area contributed by atoms with Gasteiger partial charge >= 0.3 is 11.9 Å². The van der Waals surface area contributed by atoms with E-state index in [0.717, 1.165) is 38.0 Å². The highest BCUT2D eigenvalue weighted by Gasteiger charge is 2.72. The van der Waals surface area contributed by atoms with E-state index in [-0.39, 0.29) is 63.6 Å². The number of ketones is 1. The summed E-state index contributed by atoms with van der Waals surface area (Å²) in [5.74, 6) is 1.71. The number of rotatable bonds is 7. The molecule has 0 amide bonds. The molecule has 4 aliphatic rings. The summed E-state index contributed by atoms with van der Waals surface area (Å²) >= 11 is 0. The number of Topliss-reactive ketones (excluding diaryl/α,β-unsaturated/α-hetero) is 1. The highest BCUT2D eigenvalue weighted by molar-refractivity contribution is 5.85. The Morgan fingerprint density at radius 3 is 2.13 bits per heavy atom. The molecule has 4 saturated carbocycles. The van der Waals surface area contributed by atoms with Gasteiger partial charge in [-0.1, -0.05) is 74.7 Å². The summed E-state index contributed by atoms with van der Waals surface area (Å²) in [6, 6.07) is 0. The van der Waals surface area contributed by atoms with Crippen molar-refractivity contribution in [3.8, 4) is 0 Å². The van der Waals surface area contributed by atoms with Gasteiger partial charge in [0, 0.05) is 37.5 Å². The van der Waals surface area contributed by atoms with Crippen LogP contribution in [-0.4, -0.2) is 29.9 Å². The van der Waals surface area contributed by atoms with Gasteiger partial charge in [-0.05, 0) is 72.0 Å². The van der Waals surface area contributed by atoms with E-state index in [1.165, 1.54) is 33.1 Å². The van der Waals surface area contributed by atoms with Crippen molar-refractivity contribution in [3.05, 3.63) is 0 Å². The predicted molar refractivity (Wildman–Crippen MR) is 154 cm³/mol. The molecule has 0 saturated heterocycles. The second-order valence-corrected chi connectivity index (χ2v) is 15.8. The first-order chi connectivity index (χ1) is 18.0. The highest BCUT2D eigenvalue weighted by Crippen LogP contribution is 2.74. The number of fused-ring (bicyclic) bond motifs is 5. The molecule has 10 atom stereocenters. The molecule has 0 aliphatic heterocycles. The first-order valence-corrected chi connectivity index (χ1v) is 15.9. The molecule has 4 aliphatic carbocycles. The molecule has 5 nitrogen and oxygen atoms in total. The summed E-state index contributed by atoms with van der Waals surface area (Å²) in [4.78, 5) is 39.0. The topological polar surface area (TPSA) is 69.7 Å². The molecule has 0 bridgehead atoms. The summed E-state index contributed by atoms with van der Waals surface area (Å²) in [7, 11) is 0. The Hall–Kier alpha value is -1.39. The van der Waals surface area contributed by atoms with Crippen LogP contribution in [0, 0.1) is 57.2 Å². The minimum absolute atomic E-state index is 0.0304. The van der Waals surface area contributed by atoms with Gasteiger partial charge in [0.05, 0.1) is 0 Å². The molecule has 0 N–H and O–H groups in total. The van der Waals surface area contributed by atoms with E-state index in [1.54, 1.807) is 0 Å². The number of carbonyl (C=O) groups is 3. The van der Waals surface area contributed by atoms with E-state index in [0.29, 0.717) is 24.0 Å². The first-order valence-electron chi connectivity index (χ1n) is 15.9. The summed E-state index contributed by atoms with van der Waals surface area (Å²) in [6.45, 7) is 21.6. The van der Waals surface area contributed by atoms with E-state index in [9.17, 15) is 14.4 Å². The standard InChI is InChI=1S/C34H56O5/c1-20(2)12-11-13-21(3)24-14-17-33(9)30-26(38-22(4)35)18-27-31(6,7)28(39-23(5)36)15-16-32(27,8)29(30)25(37)19-34(24,33)10/h20-21,24,26-30H,11-19H2,1-10H3/t21-,24-,26+,27+,28+,29+,30-,32+,33+,34-/m1/s1. The Labute approximate surface area is 237 Å². The lowest BCUT2D eigenvalue weighted by Gasteiger charge is -2.67. The van der Waals surface area contributed by atoms with Crippen LogP contribution in [0.1, 0.15) is 127 Å². The smallest absolute Gasteiger partial charge is 0.302 e. The van der Waals surface area contributed by atoms with Crippen LogP contribution in [0.2, 0.25) is 0 Å². The van der Waals surface area contributed by atoms with E-state index in [2.05, 4.69) is 55.4 Å². The molecule has 0 heterocycles. The van der Waals surface area contributed by atoms with Crippen molar-refractivity contribution in [1.29, 1.82) is 0 Å². The van der Waals surface area contributed by atoms with Crippen molar-refractivity contribution in [2.24, 2.45) is 57.2 Å². The SMILES string of the molecule is CC(=O)O[C@H]1C[C@H]2C(C)(C)[C@@H](OC(C)=O)CC[C@]2(C)[C@H]2C(=O)C[C@]3(C)[C@@H]([C@H](C)CCCC(C)C)CC[C@@]3(C)[C@H]12. The molecule has 39 heavy (non-hydrogen) atoms. The van der Waals surface area contributed by atoms with Gasteiger partial charge in [0.2, 0.25) is 0 Å². The maximum atomic E-state index is 14.5. The lowest BCUT2D eigenvalue weighted by atomic mass is 9.37. The summed E-state index contributed by atoms with van der Waals surface area (Å²) in [5, 5.41) is 0. The molecule has 5 heteroatoms. The zero-order chi connectivity index (χ0) is 29.1. The maximum Gasteiger partial charge on any atom is 0.302 e. The number of hydrogen-bond donors (Lipinski definition) is 0. The van der Waals surface area contributed by atoms with Gasteiger partial charge in [-0.3, -0.25) is 14.4 Å². The summed E-state index contributed by atoms with van der Waals surface area (Å²) in [5.41, 5.74) is -0.668. The van der Waals surface area contributed by atoms with Crippen LogP contribution < -0.4 is 0 Å². The van der Waals surface area contributed by atoms with Gasteiger partial charge in [-0.15, -0.1) is 0 Å². The van der Waals surface area contributed by atoms with Gasteiger partial charge in [0.15, 0.2) is 0 Å². The summed E-state index contributed by atoms with van der Waals surface area (Å²) in [6.07, 6.45) is 8.49. The van der Waals surface area contributed by atoms with Crippen LogP contribution >= 0.6 is 0 Å². The van der Waals surface area contributed by atoms with Crippen LogP contribution in [0.25, 0.3) is 0 Å². The Morgan fingerprint density at radius 2 is 1.54 bits per heavy atom. The fourth-order valence-corrected chi connectivity index (χ4v) is 10.9. The largest absolute Gasteiger partial charge is 0.462 e. The van der Waals surface area contributed by atoms with Crippen molar-refractivity contribution in [1.82, 2.24) is 0 Å². The molecule has 4 fully saturated rings. The highest BCUT2D eigenvalue weighted by atomic mass is 16.5. The Kier molecular flexibility index (Phi) is 8.20. The predicted octanol–water partition coefficient (Wildman–Crippen LogP) is 7.79. The van der Waals surface area contributed by atoms with Gasteiger partial charge in [0.25, 0.3) is 0 Å². The Bertz CT molecular complexity index is 969. The first kappa shape index (κ1) is 30.6. The lowest BCUT2D eigenvalue weighted by molar-refractivity contribution is -0.236. The van der Waals surface area contributed by atoms with Gasteiger partial charge in [0.1, 0.15) is 18.0 Å². The molecule has 0 radical (unpaired) electrons. The van der Waals surface area contributed by atoms with Crippen molar-refractivity contribution in [2.45, 2.75) is 139 Å². The Balaban J connectivity index is 1.73. The van der Waals surface area contributed by atoms with Gasteiger partial charge in [-0.2, -0.15) is 0 Å². The molecular formula is C34H56O5. The molecule has 0 aromatic rings. The second kappa shape index (κ2) is 10.5. The zero-order valence-electron chi connectivity index (χ0n) is 26.5. The van der Waals surface area contributed by atoms with E-state index >= 15 is 0 Å². The second-order valence-electron chi connectivity index (χ2n) is 15.8. The Morgan fingerprint density at radius 1 is 0.897 bits per heavy atom. The fraction of sp³-hybridized carbons (Fsp3) is 0.912. The van der Waals surface area contributed by atoms with Crippen LogP contribution in [-0.2, 0) is 23.9 Å². The minimum Gasteiger partial charge on any atom is -0.462 e. The van der Waals surface area contributed by atoms with Crippen molar-refractivity contribution in [2.75, 3.05) is 0 Å². The minimum atomic E-state index is -0.312. The zero-order valence-corrected chi connectivity index (χ0v) is 26.5. The van der Waals surface area contributed by atoms with Crippen LogP contribution in [0.4, 0.5) is 0 Å². The monoisotopic (exact) mass is 544 g/mol. The van der Waals surface area contributed by atoms with E-state index in [4.69, 9.17) is 9.47 Å². The third-order valence-corrected chi connectivity index (χ3v) is 12.9. The summed E-state index contributed by atoms with van der Waals surface area (Å²) < 4.78 is 12.1. The third kappa shape index (κ3) is 4.90. The molecule has 0 unspecified atom stereocenters. The fourth-order valence-electron chi connectivity index (χ4n) is 10.9. The van der Waals surface area contributed by atoms with E-state index in [1.807, 2.05) is 0 Å². The van der Waals surface area contributed by atoms with Crippen molar-refractivity contribution in [3.63, 3.8) is 0 Å². The molecule has 0 aromatic carbocycles. The van der Waals surface area contributed by atoms with Crippen molar-refractivity contribution < 1.29 is 23.9 Å². The number of ether oxygens (including phenoxy) is 2. The van der Waals surface area contributed by atoms with Crippen LogP contribution in [0.3, 0.4) is 0 Å². The number of carbonyl (C=O) groups excluding carboxylic acids is 3. The average molecular weight is 545 g/mol. The number of esters is 2. The molecule has 4 rings (SSSR count). The number of hydrogen-bond acceptors (Lipinski definition) is 5. The molecule has 0 spiro atoms. The third-order valence-electron chi connectivity index (χ3n) is 12.9. The van der Waals surface area contributed by atoms with Gasteiger partial charge < -0.3 is 9.47 Å². The molecule has 0 aromatic heterocycles. The quantitative estimate of drug-likeness (QED) is 0.306. The van der Waals surface area contributed by atoms with E-state index < -0.39 is 0 Å². The average Bonchev–Trinajstić information content (AvgIpc) is 3.07. The van der Waals surface area contributed by atoms with Crippen LogP contribution in [0.15, 0.2) is 0 Å². The maximum absolute atomic E-state index is 14.5. The van der Waals surface area contributed by atoms with Gasteiger partial charge in [-0.25, -0.2) is 0 Å². The van der Waals surface area contributed by atoms with Crippen LogP contribution in [0.5, 0.6) is 0 Å². The lowest BCUT2D eigenvalue weighted by Crippen LogP contribution is -2.68. The van der Waals surface area contributed by atoms with Crippen molar-refractivity contribution >= 4 is 17.7 Å². The molecule has 222 valence electrons. The molecular weight excluding hydrogens is 488 g/mol.